The van der Waals surface area contributed by atoms with Gasteiger partial charge >= 0.3 is 0 Å². The standard InChI is InChI=1S/C22H24N4OS/c1-14-11-15(2)13-18(12-14)23-21(27)20(17-7-5-4-6-8-17)28-22-25-24-16(3)26(22)19-9-10-19/h4-8,11-13,19-20H,9-10H2,1-3H3,(H,23,27). The van der Waals surface area contributed by atoms with E-state index in [-0.39, 0.29) is 5.91 Å². The minimum Gasteiger partial charge on any atom is -0.325 e. The summed E-state index contributed by atoms with van der Waals surface area (Å²) in [5.41, 5.74) is 4.04. The third-order valence-electron chi connectivity index (χ3n) is 4.80. The molecule has 1 unspecified atom stereocenters. The highest BCUT2D eigenvalue weighted by Gasteiger charge is 2.31. The van der Waals surface area contributed by atoms with E-state index in [0.29, 0.717) is 6.04 Å². The molecule has 0 aliphatic heterocycles. The lowest BCUT2D eigenvalue weighted by Gasteiger charge is -2.18. The van der Waals surface area contributed by atoms with Gasteiger partial charge in [0.2, 0.25) is 5.91 Å². The number of carbonyl (C=O) groups is 1. The molecule has 1 heterocycles. The van der Waals surface area contributed by atoms with Crippen LogP contribution in [0, 0.1) is 20.8 Å². The highest BCUT2D eigenvalue weighted by molar-refractivity contribution is 8.00. The van der Waals surface area contributed by atoms with Gasteiger partial charge < -0.3 is 9.88 Å². The summed E-state index contributed by atoms with van der Waals surface area (Å²) < 4.78 is 2.17. The van der Waals surface area contributed by atoms with Crippen molar-refractivity contribution in [1.82, 2.24) is 14.8 Å². The topological polar surface area (TPSA) is 59.8 Å². The molecule has 1 aromatic heterocycles. The second-order valence-corrected chi connectivity index (χ2v) is 8.48. The Hall–Kier alpha value is -2.60. The van der Waals surface area contributed by atoms with Gasteiger partial charge in [-0.1, -0.05) is 48.2 Å². The Bertz CT molecular complexity index is 975. The van der Waals surface area contributed by atoms with Crippen LogP contribution in [0.1, 0.15) is 46.6 Å². The number of thioether (sulfide) groups is 1. The molecule has 3 aromatic rings. The number of amides is 1. The van der Waals surface area contributed by atoms with Crippen LogP contribution < -0.4 is 5.32 Å². The number of anilines is 1. The molecule has 0 bridgehead atoms. The molecule has 1 aliphatic carbocycles. The molecule has 1 fully saturated rings. The molecular formula is C22H24N4OS. The van der Waals surface area contributed by atoms with E-state index in [0.717, 1.165) is 46.2 Å². The fourth-order valence-corrected chi connectivity index (χ4v) is 4.60. The first-order valence-electron chi connectivity index (χ1n) is 9.53. The van der Waals surface area contributed by atoms with Crippen LogP contribution in [0.2, 0.25) is 0 Å². The van der Waals surface area contributed by atoms with Gasteiger partial charge in [0, 0.05) is 11.7 Å². The van der Waals surface area contributed by atoms with E-state index < -0.39 is 5.25 Å². The van der Waals surface area contributed by atoms with Crippen LogP contribution in [0.3, 0.4) is 0 Å². The van der Waals surface area contributed by atoms with Gasteiger partial charge in [0.25, 0.3) is 0 Å². The average molecular weight is 393 g/mol. The molecule has 5 nitrogen and oxygen atoms in total. The van der Waals surface area contributed by atoms with Crippen molar-refractivity contribution < 1.29 is 4.79 Å². The van der Waals surface area contributed by atoms with Gasteiger partial charge in [-0.15, -0.1) is 10.2 Å². The van der Waals surface area contributed by atoms with E-state index in [4.69, 9.17) is 0 Å². The predicted molar refractivity (Wildman–Crippen MR) is 113 cm³/mol. The molecule has 6 heteroatoms. The third-order valence-corrected chi connectivity index (χ3v) is 6.01. The van der Waals surface area contributed by atoms with Crippen molar-refractivity contribution in [3.63, 3.8) is 0 Å². The van der Waals surface area contributed by atoms with Crippen molar-refractivity contribution in [2.45, 2.75) is 50.1 Å². The van der Waals surface area contributed by atoms with Gasteiger partial charge in [-0.25, -0.2) is 0 Å². The van der Waals surface area contributed by atoms with Gasteiger partial charge in [-0.3, -0.25) is 4.79 Å². The minimum absolute atomic E-state index is 0.0517. The van der Waals surface area contributed by atoms with Crippen molar-refractivity contribution in [3.8, 4) is 0 Å². The highest BCUT2D eigenvalue weighted by atomic mass is 32.2. The lowest BCUT2D eigenvalue weighted by atomic mass is 10.1. The zero-order valence-corrected chi connectivity index (χ0v) is 17.2. The Balaban J connectivity index is 1.63. The Labute approximate surface area is 169 Å². The van der Waals surface area contributed by atoms with Gasteiger partial charge in [0.05, 0.1) is 0 Å². The molecule has 1 aliphatic rings. The number of nitrogens with zero attached hydrogens (tertiary/aromatic N) is 3. The van der Waals surface area contributed by atoms with Gasteiger partial charge in [0.15, 0.2) is 5.16 Å². The summed E-state index contributed by atoms with van der Waals surface area (Å²) in [4.78, 5) is 13.3. The molecule has 1 amide bonds. The first-order chi connectivity index (χ1) is 13.5. The van der Waals surface area contributed by atoms with Crippen molar-refractivity contribution >= 4 is 23.4 Å². The van der Waals surface area contributed by atoms with E-state index in [1.54, 1.807) is 0 Å². The summed E-state index contributed by atoms with van der Waals surface area (Å²) >= 11 is 1.47. The van der Waals surface area contributed by atoms with Gasteiger partial charge in [-0.05, 0) is 62.4 Å². The smallest absolute Gasteiger partial charge is 0.242 e. The Morgan fingerprint density at radius 1 is 1.07 bits per heavy atom. The van der Waals surface area contributed by atoms with Crippen LogP contribution in [0.4, 0.5) is 5.69 Å². The van der Waals surface area contributed by atoms with Crippen molar-refractivity contribution in [1.29, 1.82) is 0 Å². The first kappa shape index (κ1) is 18.7. The maximum Gasteiger partial charge on any atom is 0.242 e. The maximum absolute atomic E-state index is 13.3. The maximum atomic E-state index is 13.3. The average Bonchev–Trinajstić information content (AvgIpc) is 3.42. The normalized spacial score (nSPS) is 14.7. The number of benzene rings is 2. The van der Waals surface area contributed by atoms with Gasteiger partial charge in [-0.2, -0.15) is 0 Å². The van der Waals surface area contributed by atoms with Crippen LogP contribution in [-0.4, -0.2) is 20.7 Å². The van der Waals surface area contributed by atoms with Crippen LogP contribution >= 0.6 is 11.8 Å². The van der Waals surface area contributed by atoms with E-state index in [1.165, 1.54) is 11.8 Å². The molecule has 1 N–H and O–H groups in total. The van der Waals surface area contributed by atoms with Crippen molar-refractivity contribution in [2.75, 3.05) is 5.32 Å². The number of hydrogen-bond donors (Lipinski definition) is 1. The van der Waals surface area contributed by atoms with E-state index >= 15 is 0 Å². The fourth-order valence-electron chi connectivity index (χ4n) is 3.44. The summed E-state index contributed by atoms with van der Waals surface area (Å²) in [5, 5.41) is 12.1. The molecule has 4 rings (SSSR count). The van der Waals surface area contributed by atoms with Crippen LogP contribution in [-0.2, 0) is 4.79 Å². The Morgan fingerprint density at radius 3 is 2.39 bits per heavy atom. The number of aromatic nitrogens is 3. The minimum atomic E-state index is -0.400. The number of aryl methyl sites for hydroxylation is 3. The molecular weight excluding hydrogens is 368 g/mol. The Kier molecular flexibility index (Phi) is 5.22. The molecule has 2 aromatic carbocycles. The summed E-state index contributed by atoms with van der Waals surface area (Å²) in [6, 6.07) is 16.4. The van der Waals surface area contributed by atoms with Crippen LogP contribution in [0.15, 0.2) is 53.7 Å². The second kappa shape index (κ2) is 7.80. The van der Waals surface area contributed by atoms with Crippen molar-refractivity contribution in [2.24, 2.45) is 0 Å². The fraction of sp³-hybridized carbons (Fsp3) is 0.318. The number of carbonyl (C=O) groups excluding carboxylic acids is 1. The number of hydrogen-bond acceptors (Lipinski definition) is 4. The lowest BCUT2D eigenvalue weighted by molar-refractivity contribution is -0.115. The Morgan fingerprint density at radius 2 is 1.75 bits per heavy atom. The second-order valence-electron chi connectivity index (χ2n) is 7.41. The molecule has 28 heavy (non-hydrogen) atoms. The third kappa shape index (κ3) is 4.12. The lowest BCUT2D eigenvalue weighted by Crippen LogP contribution is -2.19. The van der Waals surface area contributed by atoms with Crippen LogP contribution in [0.25, 0.3) is 0 Å². The molecule has 0 saturated heterocycles. The van der Waals surface area contributed by atoms with E-state index in [1.807, 2.05) is 63.2 Å². The molecule has 1 saturated carbocycles. The van der Waals surface area contributed by atoms with Crippen molar-refractivity contribution in [3.05, 3.63) is 71.0 Å². The molecule has 1 atom stereocenters. The summed E-state index contributed by atoms with van der Waals surface area (Å²) in [5.74, 6) is 0.857. The summed E-state index contributed by atoms with van der Waals surface area (Å²) in [6.07, 6.45) is 2.30. The molecule has 0 spiro atoms. The number of rotatable bonds is 6. The highest BCUT2D eigenvalue weighted by Crippen LogP contribution is 2.42. The van der Waals surface area contributed by atoms with E-state index in [2.05, 4.69) is 26.1 Å². The summed E-state index contributed by atoms with van der Waals surface area (Å²) in [6.45, 7) is 6.04. The van der Waals surface area contributed by atoms with E-state index in [9.17, 15) is 4.79 Å². The summed E-state index contributed by atoms with van der Waals surface area (Å²) in [7, 11) is 0. The first-order valence-corrected chi connectivity index (χ1v) is 10.4. The number of nitrogens with one attached hydrogen (secondary N) is 1. The zero-order chi connectivity index (χ0) is 19.7. The quantitative estimate of drug-likeness (QED) is 0.599. The predicted octanol–water partition coefficient (Wildman–Crippen LogP) is 5.01. The van der Waals surface area contributed by atoms with Gasteiger partial charge in [0.1, 0.15) is 11.1 Å². The molecule has 144 valence electrons. The van der Waals surface area contributed by atoms with Crippen LogP contribution in [0.5, 0.6) is 0 Å². The molecule has 0 radical (unpaired) electrons. The SMILES string of the molecule is Cc1cc(C)cc(NC(=O)C(Sc2nnc(C)n2C2CC2)c2ccccc2)c1. The largest absolute Gasteiger partial charge is 0.325 e. The zero-order valence-electron chi connectivity index (χ0n) is 16.3. The monoisotopic (exact) mass is 392 g/mol.